The van der Waals surface area contributed by atoms with Gasteiger partial charge in [-0.05, 0) is 30.4 Å². The minimum atomic E-state index is -0.954. The largest absolute Gasteiger partial charge is 0.481 e. The molecule has 100 valence electrons. The van der Waals surface area contributed by atoms with E-state index in [0.29, 0.717) is 6.54 Å². The molecule has 1 aromatic rings. The van der Waals surface area contributed by atoms with Gasteiger partial charge < -0.3 is 10.4 Å². The maximum absolute atomic E-state index is 11.8. The number of rotatable bonds is 6. The average molecular weight is 269 g/mol. The predicted octanol–water partition coefficient (Wildman–Crippen LogP) is 2.22. The molecule has 0 atom stereocenters. The van der Waals surface area contributed by atoms with E-state index in [4.69, 9.17) is 5.11 Å². The van der Waals surface area contributed by atoms with Crippen LogP contribution in [-0.2, 0) is 16.0 Å². The van der Waals surface area contributed by atoms with E-state index in [1.54, 1.807) is 25.2 Å². The van der Waals surface area contributed by atoms with Gasteiger partial charge >= 0.3 is 5.97 Å². The van der Waals surface area contributed by atoms with Gasteiger partial charge in [0, 0.05) is 11.4 Å². The maximum Gasteiger partial charge on any atom is 0.304 e. The van der Waals surface area contributed by atoms with Crippen molar-refractivity contribution in [1.82, 2.24) is 5.32 Å². The van der Waals surface area contributed by atoms with Crippen molar-refractivity contribution in [2.24, 2.45) is 5.41 Å². The lowest BCUT2D eigenvalue weighted by Crippen LogP contribution is -2.39. The summed E-state index contributed by atoms with van der Waals surface area (Å²) >= 11 is 1.67. The van der Waals surface area contributed by atoms with E-state index in [-0.39, 0.29) is 12.3 Å². The summed E-state index contributed by atoms with van der Waals surface area (Å²) < 4.78 is 0. The number of carboxylic acid groups (broad SMARTS) is 1. The molecule has 1 heterocycles. The third-order valence-electron chi connectivity index (χ3n) is 2.81. The number of thiophene rings is 1. The van der Waals surface area contributed by atoms with Crippen LogP contribution in [0.25, 0.3) is 0 Å². The number of aliphatic carboxylic acids is 1. The molecule has 1 aromatic heterocycles. The number of nitrogens with one attached hydrogen (secondary N) is 1. The summed E-state index contributed by atoms with van der Waals surface area (Å²) in [5, 5.41) is 13.6. The summed E-state index contributed by atoms with van der Waals surface area (Å²) in [5.41, 5.74) is 0.370. The van der Waals surface area contributed by atoms with Gasteiger partial charge in [0.05, 0.1) is 11.8 Å². The standard InChI is InChI=1S/C13H19NO3S/c1-9-5-7-18-10(9)4-6-14-12(17)13(2,3)8-11(15)16/h5,7H,4,6,8H2,1-3H3,(H,14,17)(H,15,16). The molecule has 0 aromatic carbocycles. The van der Waals surface area contributed by atoms with Crippen molar-refractivity contribution in [3.8, 4) is 0 Å². The van der Waals surface area contributed by atoms with Gasteiger partial charge in [-0.15, -0.1) is 11.3 Å². The van der Waals surface area contributed by atoms with E-state index < -0.39 is 11.4 Å². The number of carbonyl (C=O) groups excluding carboxylic acids is 1. The Hall–Kier alpha value is -1.36. The highest BCUT2D eigenvalue weighted by Gasteiger charge is 2.30. The van der Waals surface area contributed by atoms with Crippen molar-refractivity contribution in [2.75, 3.05) is 6.54 Å². The molecule has 2 N–H and O–H groups in total. The predicted molar refractivity (Wildman–Crippen MR) is 71.8 cm³/mol. The van der Waals surface area contributed by atoms with Gasteiger partial charge in [0.25, 0.3) is 0 Å². The first-order valence-corrected chi connectivity index (χ1v) is 6.74. The lowest BCUT2D eigenvalue weighted by Gasteiger charge is -2.21. The summed E-state index contributed by atoms with van der Waals surface area (Å²) in [4.78, 5) is 23.7. The zero-order valence-corrected chi connectivity index (χ0v) is 11.8. The van der Waals surface area contributed by atoms with Crippen molar-refractivity contribution >= 4 is 23.2 Å². The first kappa shape index (κ1) is 14.7. The lowest BCUT2D eigenvalue weighted by molar-refractivity contribution is -0.144. The summed E-state index contributed by atoms with van der Waals surface area (Å²) in [6.45, 7) is 5.88. The van der Waals surface area contributed by atoms with E-state index in [0.717, 1.165) is 6.42 Å². The van der Waals surface area contributed by atoms with Crippen LogP contribution in [-0.4, -0.2) is 23.5 Å². The highest BCUT2D eigenvalue weighted by molar-refractivity contribution is 7.10. The first-order valence-electron chi connectivity index (χ1n) is 5.86. The zero-order chi connectivity index (χ0) is 13.8. The van der Waals surface area contributed by atoms with Crippen molar-refractivity contribution in [2.45, 2.75) is 33.6 Å². The topological polar surface area (TPSA) is 66.4 Å². The number of aryl methyl sites for hydroxylation is 1. The summed E-state index contributed by atoms with van der Waals surface area (Å²) in [5.74, 6) is -1.16. The molecular weight excluding hydrogens is 250 g/mol. The first-order chi connectivity index (χ1) is 8.33. The molecule has 0 saturated heterocycles. The van der Waals surface area contributed by atoms with Gasteiger partial charge in [-0.3, -0.25) is 9.59 Å². The molecule has 0 aliphatic rings. The molecule has 0 unspecified atom stereocenters. The SMILES string of the molecule is Cc1ccsc1CCNC(=O)C(C)(C)CC(=O)O. The normalized spacial score (nSPS) is 11.3. The Labute approximate surface area is 111 Å². The zero-order valence-electron chi connectivity index (χ0n) is 10.9. The van der Waals surface area contributed by atoms with Gasteiger partial charge in [0.15, 0.2) is 0 Å². The number of amides is 1. The number of carbonyl (C=O) groups is 2. The van der Waals surface area contributed by atoms with Crippen LogP contribution in [0.5, 0.6) is 0 Å². The Morgan fingerprint density at radius 2 is 2.11 bits per heavy atom. The van der Waals surface area contributed by atoms with Gasteiger partial charge in [-0.1, -0.05) is 13.8 Å². The number of hydrogen-bond donors (Lipinski definition) is 2. The fourth-order valence-electron chi connectivity index (χ4n) is 1.65. The number of carboxylic acids is 1. The van der Waals surface area contributed by atoms with Crippen LogP contribution < -0.4 is 5.32 Å². The molecule has 0 aliphatic carbocycles. The number of hydrogen-bond acceptors (Lipinski definition) is 3. The van der Waals surface area contributed by atoms with Crippen molar-refractivity contribution < 1.29 is 14.7 Å². The van der Waals surface area contributed by atoms with Gasteiger partial charge in [-0.2, -0.15) is 0 Å². The second-order valence-electron chi connectivity index (χ2n) is 4.99. The Kier molecular flexibility index (Phi) is 4.90. The molecule has 5 heteroatoms. The molecule has 0 fully saturated rings. The fraction of sp³-hybridized carbons (Fsp3) is 0.538. The maximum atomic E-state index is 11.8. The molecule has 1 rings (SSSR count). The van der Waals surface area contributed by atoms with Crippen LogP contribution in [0.3, 0.4) is 0 Å². The Balaban J connectivity index is 2.42. The van der Waals surface area contributed by atoms with Crippen LogP contribution in [0.15, 0.2) is 11.4 Å². The average Bonchev–Trinajstić information content (AvgIpc) is 2.62. The molecule has 0 bridgehead atoms. The smallest absolute Gasteiger partial charge is 0.304 e. The van der Waals surface area contributed by atoms with Crippen LogP contribution in [0, 0.1) is 12.3 Å². The Morgan fingerprint density at radius 3 is 2.61 bits per heavy atom. The summed E-state index contributed by atoms with van der Waals surface area (Å²) in [7, 11) is 0. The van der Waals surface area contributed by atoms with E-state index in [1.165, 1.54) is 10.4 Å². The van der Waals surface area contributed by atoms with Crippen molar-refractivity contribution in [3.05, 3.63) is 21.9 Å². The summed E-state index contributed by atoms with van der Waals surface area (Å²) in [6.07, 6.45) is 0.634. The molecule has 0 aliphatic heterocycles. The molecule has 1 amide bonds. The molecular formula is C13H19NO3S. The molecule has 4 nitrogen and oxygen atoms in total. The lowest BCUT2D eigenvalue weighted by atomic mass is 9.88. The summed E-state index contributed by atoms with van der Waals surface area (Å²) in [6, 6.07) is 2.05. The van der Waals surface area contributed by atoms with Crippen molar-refractivity contribution in [1.29, 1.82) is 0 Å². The Morgan fingerprint density at radius 1 is 1.44 bits per heavy atom. The third-order valence-corrected chi connectivity index (χ3v) is 3.90. The Bertz CT molecular complexity index is 437. The van der Waals surface area contributed by atoms with Crippen LogP contribution in [0.4, 0.5) is 0 Å². The molecule has 0 saturated carbocycles. The van der Waals surface area contributed by atoms with Gasteiger partial charge in [-0.25, -0.2) is 0 Å². The minimum absolute atomic E-state index is 0.156. The van der Waals surface area contributed by atoms with Gasteiger partial charge in [0.1, 0.15) is 0 Å². The van der Waals surface area contributed by atoms with Crippen molar-refractivity contribution in [3.63, 3.8) is 0 Å². The van der Waals surface area contributed by atoms with Crippen LogP contribution in [0.2, 0.25) is 0 Å². The van der Waals surface area contributed by atoms with E-state index >= 15 is 0 Å². The molecule has 0 radical (unpaired) electrons. The van der Waals surface area contributed by atoms with Crippen LogP contribution in [0.1, 0.15) is 30.7 Å². The second-order valence-corrected chi connectivity index (χ2v) is 5.99. The molecule has 18 heavy (non-hydrogen) atoms. The highest BCUT2D eigenvalue weighted by atomic mass is 32.1. The minimum Gasteiger partial charge on any atom is -0.481 e. The fourth-order valence-corrected chi connectivity index (χ4v) is 2.56. The van der Waals surface area contributed by atoms with E-state index in [1.807, 2.05) is 12.3 Å². The van der Waals surface area contributed by atoms with Crippen LogP contribution >= 0.6 is 11.3 Å². The third kappa shape index (κ3) is 4.14. The second kappa shape index (κ2) is 6.00. The quantitative estimate of drug-likeness (QED) is 0.832. The molecule has 0 spiro atoms. The highest BCUT2D eigenvalue weighted by Crippen LogP contribution is 2.20. The monoisotopic (exact) mass is 269 g/mol. The van der Waals surface area contributed by atoms with E-state index in [9.17, 15) is 9.59 Å². The van der Waals surface area contributed by atoms with E-state index in [2.05, 4.69) is 11.4 Å². The van der Waals surface area contributed by atoms with Gasteiger partial charge in [0.2, 0.25) is 5.91 Å².